The maximum Gasteiger partial charge on any atom is 0.265 e. The standard InChI is InChI=1S/C26H32N4O3S/c1-4-33-24-14-10-21(19(2)3)18-25(24)34(31,32)29-22-11-8-20(9-12-22)23-13-15-26(28-27-23)30-16-6-5-7-17-30/h8-15,18-19,29H,4-7,16-17H2,1-3H3. The molecule has 1 fully saturated rings. The second-order valence-electron chi connectivity index (χ2n) is 8.80. The molecule has 1 aliphatic heterocycles. The van der Waals surface area contributed by atoms with E-state index in [0.29, 0.717) is 18.0 Å². The van der Waals surface area contributed by atoms with Crippen LogP contribution in [0.25, 0.3) is 11.3 Å². The number of anilines is 2. The first-order valence-electron chi connectivity index (χ1n) is 11.9. The quantitative estimate of drug-likeness (QED) is 0.461. The summed E-state index contributed by atoms with van der Waals surface area (Å²) in [5.74, 6) is 1.45. The first kappa shape index (κ1) is 24.0. The second kappa shape index (κ2) is 10.4. The van der Waals surface area contributed by atoms with E-state index in [1.807, 2.05) is 51.1 Å². The Morgan fingerprint density at radius 2 is 1.71 bits per heavy atom. The molecule has 7 nitrogen and oxygen atoms in total. The third kappa shape index (κ3) is 5.50. The van der Waals surface area contributed by atoms with Gasteiger partial charge in [0.25, 0.3) is 10.0 Å². The fourth-order valence-corrected chi connectivity index (χ4v) is 5.30. The number of sulfonamides is 1. The number of hydrogen-bond acceptors (Lipinski definition) is 6. The fraction of sp³-hybridized carbons (Fsp3) is 0.385. The number of benzene rings is 2. The molecule has 3 aromatic rings. The number of nitrogens with zero attached hydrogens (tertiary/aromatic N) is 3. The van der Waals surface area contributed by atoms with Crippen molar-refractivity contribution in [2.24, 2.45) is 0 Å². The van der Waals surface area contributed by atoms with Gasteiger partial charge in [0.1, 0.15) is 10.6 Å². The molecule has 1 aromatic heterocycles. The van der Waals surface area contributed by atoms with Gasteiger partial charge in [0.15, 0.2) is 5.82 Å². The molecule has 0 amide bonds. The lowest BCUT2D eigenvalue weighted by Crippen LogP contribution is -2.30. The Hall–Kier alpha value is -3.13. The predicted octanol–water partition coefficient (Wildman–Crippen LogP) is 5.46. The molecule has 2 aromatic carbocycles. The van der Waals surface area contributed by atoms with Gasteiger partial charge in [-0.2, -0.15) is 0 Å². The van der Waals surface area contributed by atoms with Crippen LogP contribution in [0.1, 0.15) is 51.5 Å². The van der Waals surface area contributed by atoms with Crippen molar-refractivity contribution in [3.8, 4) is 17.0 Å². The first-order chi connectivity index (χ1) is 16.4. The van der Waals surface area contributed by atoms with E-state index in [-0.39, 0.29) is 10.8 Å². The van der Waals surface area contributed by atoms with Crippen molar-refractivity contribution >= 4 is 21.5 Å². The zero-order chi connectivity index (χ0) is 24.1. The maximum absolute atomic E-state index is 13.2. The van der Waals surface area contributed by atoms with Crippen LogP contribution in [0.4, 0.5) is 11.5 Å². The minimum absolute atomic E-state index is 0.142. The van der Waals surface area contributed by atoms with E-state index in [0.717, 1.165) is 35.7 Å². The number of aromatic nitrogens is 2. The average molecular weight is 481 g/mol. The van der Waals surface area contributed by atoms with E-state index in [9.17, 15) is 8.42 Å². The summed E-state index contributed by atoms with van der Waals surface area (Å²) in [6.07, 6.45) is 3.65. The van der Waals surface area contributed by atoms with Gasteiger partial charge in [-0.3, -0.25) is 4.72 Å². The van der Waals surface area contributed by atoms with Crippen LogP contribution in [-0.2, 0) is 10.0 Å². The Morgan fingerprint density at radius 3 is 2.32 bits per heavy atom. The molecule has 0 aliphatic carbocycles. The van der Waals surface area contributed by atoms with E-state index in [2.05, 4.69) is 19.8 Å². The molecule has 4 rings (SSSR count). The molecule has 0 bridgehead atoms. The SMILES string of the molecule is CCOc1ccc(C(C)C)cc1S(=O)(=O)Nc1ccc(-c2ccc(N3CCCCC3)nn2)cc1. The predicted molar refractivity (Wildman–Crippen MR) is 136 cm³/mol. The van der Waals surface area contributed by atoms with Crippen LogP contribution in [-0.4, -0.2) is 38.3 Å². The third-order valence-corrected chi connectivity index (χ3v) is 7.39. The Bertz CT molecular complexity index is 1200. The van der Waals surface area contributed by atoms with Crippen LogP contribution in [0.5, 0.6) is 5.75 Å². The maximum atomic E-state index is 13.2. The van der Waals surface area contributed by atoms with Crippen LogP contribution in [0.2, 0.25) is 0 Å². The molecule has 0 spiro atoms. The monoisotopic (exact) mass is 480 g/mol. The van der Waals surface area contributed by atoms with Gasteiger partial charge in [0, 0.05) is 24.3 Å². The van der Waals surface area contributed by atoms with Gasteiger partial charge in [0.2, 0.25) is 0 Å². The molecule has 1 N–H and O–H groups in total. The Labute approximate surface area is 202 Å². The van der Waals surface area contributed by atoms with Crippen LogP contribution in [0.15, 0.2) is 59.5 Å². The van der Waals surface area contributed by atoms with Crippen LogP contribution < -0.4 is 14.4 Å². The lowest BCUT2D eigenvalue weighted by atomic mass is 10.0. The van der Waals surface area contributed by atoms with Crippen LogP contribution in [0.3, 0.4) is 0 Å². The van der Waals surface area contributed by atoms with Gasteiger partial charge in [-0.15, -0.1) is 10.2 Å². The lowest BCUT2D eigenvalue weighted by Gasteiger charge is -2.27. The summed E-state index contributed by atoms with van der Waals surface area (Å²) in [7, 11) is -3.83. The van der Waals surface area contributed by atoms with E-state index in [4.69, 9.17) is 4.74 Å². The molecular formula is C26H32N4O3S. The van der Waals surface area contributed by atoms with Gasteiger partial charge in [-0.05, 0) is 74.1 Å². The van der Waals surface area contributed by atoms with Crippen molar-refractivity contribution in [3.05, 3.63) is 60.2 Å². The smallest absolute Gasteiger partial charge is 0.265 e. The molecule has 0 radical (unpaired) electrons. The first-order valence-corrected chi connectivity index (χ1v) is 13.3. The Balaban J connectivity index is 1.52. The highest BCUT2D eigenvalue weighted by atomic mass is 32.2. The highest BCUT2D eigenvalue weighted by molar-refractivity contribution is 7.92. The number of piperidine rings is 1. The highest BCUT2D eigenvalue weighted by Gasteiger charge is 2.21. The Morgan fingerprint density at radius 1 is 0.971 bits per heavy atom. The second-order valence-corrected chi connectivity index (χ2v) is 10.5. The van der Waals surface area contributed by atoms with E-state index in [1.165, 1.54) is 19.3 Å². The van der Waals surface area contributed by atoms with Crippen molar-refractivity contribution in [1.29, 1.82) is 0 Å². The zero-order valence-corrected chi connectivity index (χ0v) is 20.8. The summed E-state index contributed by atoms with van der Waals surface area (Å²) in [4.78, 5) is 2.41. The number of rotatable bonds is 8. The molecule has 8 heteroatoms. The summed E-state index contributed by atoms with van der Waals surface area (Å²) < 4.78 is 34.7. The largest absolute Gasteiger partial charge is 0.492 e. The third-order valence-electron chi connectivity index (χ3n) is 5.99. The minimum Gasteiger partial charge on any atom is -0.492 e. The fourth-order valence-electron chi connectivity index (χ4n) is 4.06. The summed E-state index contributed by atoms with van der Waals surface area (Å²) in [6.45, 7) is 8.32. The molecule has 34 heavy (non-hydrogen) atoms. The molecule has 2 heterocycles. The molecular weight excluding hydrogens is 448 g/mol. The molecule has 0 atom stereocenters. The topological polar surface area (TPSA) is 84.4 Å². The van der Waals surface area contributed by atoms with Crippen molar-refractivity contribution in [2.75, 3.05) is 29.3 Å². The summed E-state index contributed by atoms with van der Waals surface area (Å²) in [6, 6.07) is 16.4. The summed E-state index contributed by atoms with van der Waals surface area (Å²) >= 11 is 0. The van der Waals surface area contributed by atoms with E-state index < -0.39 is 10.0 Å². The van der Waals surface area contributed by atoms with Crippen molar-refractivity contribution in [3.63, 3.8) is 0 Å². The molecule has 1 saturated heterocycles. The van der Waals surface area contributed by atoms with E-state index >= 15 is 0 Å². The van der Waals surface area contributed by atoms with E-state index in [1.54, 1.807) is 24.3 Å². The van der Waals surface area contributed by atoms with Gasteiger partial charge < -0.3 is 9.64 Å². The summed E-state index contributed by atoms with van der Waals surface area (Å²) in [5.41, 5.74) is 3.03. The van der Waals surface area contributed by atoms with Crippen LogP contribution in [0, 0.1) is 0 Å². The van der Waals surface area contributed by atoms with Crippen molar-refractivity contribution in [2.45, 2.75) is 50.8 Å². The van der Waals surface area contributed by atoms with Gasteiger partial charge in [-0.25, -0.2) is 8.42 Å². The number of hydrogen-bond donors (Lipinski definition) is 1. The summed E-state index contributed by atoms with van der Waals surface area (Å²) in [5, 5.41) is 8.79. The number of ether oxygens (including phenoxy) is 1. The highest BCUT2D eigenvalue weighted by Crippen LogP contribution is 2.30. The lowest BCUT2D eigenvalue weighted by molar-refractivity contribution is 0.331. The van der Waals surface area contributed by atoms with Crippen LogP contribution >= 0.6 is 0 Å². The van der Waals surface area contributed by atoms with Gasteiger partial charge in [-0.1, -0.05) is 32.0 Å². The molecule has 180 valence electrons. The zero-order valence-electron chi connectivity index (χ0n) is 20.0. The normalized spacial score (nSPS) is 14.3. The average Bonchev–Trinajstić information content (AvgIpc) is 2.85. The Kier molecular flexibility index (Phi) is 7.36. The molecule has 0 saturated carbocycles. The molecule has 1 aliphatic rings. The number of nitrogens with one attached hydrogen (secondary N) is 1. The van der Waals surface area contributed by atoms with Gasteiger partial charge >= 0.3 is 0 Å². The van der Waals surface area contributed by atoms with Crippen molar-refractivity contribution < 1.29 is 13.2 Å². The molecule has 0 unspecified atom stereocenters. The van der Waals surface area contributed by atoms with Gasteiger partial charge in [0.05, 0.1) is 12.3 Å². The minimum atomic E-state index is -3.83. The van der Waals surface area contributed by atoms with Crippen molar-refractivity contribution in [1.82, 2.24) is 10.2 Å².